The molecule has 5 aliphatic rings. The van der Waals surface area contributed by atoms with Gasteiger partial charge in [-0.15, -0.1) is 0 Å². The van der Waals surface area contributed by atoms with Crippen molar-refractivity contribution in [2.75, 3.05) is 12.0 Å². The molecule has 5 nitrogen and oxygen atoms in total. The predicted molar refractivity (Wildman–Crippen MR) is 85.0 cm³/mol. The van der Waals surface area contributed by atoms with Crippen LogP contribution in [-0.2, 0) is 14.3 Å². The van der Waals surface area contributed by atoms with Gasteiger partial charge >= 0.3 is 5.97 Å². The van der Waals surface area contributed by atoms with E-state index in [2.05, 4.69) is 12.2 Å². The SMILES string of the molecule is COC(=O)c1cccc(N2C(=O)[C@@H]3[C@H]4C=C[C@@H]([C@@H]5C[C@H]45)[C@@H]3C2=O)c1. The second-order valence-electron chi connectivity index (χ2n) is 7.21. The molecule has 4 aliphatic carbocycles. The number of hydrogen-bond acceptors (Lipinski definition) is 4. The van der Waals surface area contributed by atoms with Gasteiger partial charge in [-0.05, 0) is 48.3 Å². The van der Waals surface area contributed by atoms with Gasteiger partial charge in [0, 0.05) is 0 Å². The van der Waals surface area contributed by atoms with Crippen molar-refractivity contribution >= 4 is 23.5 Å². The van der Waals surface area contributed by atoms with Crippen molar-refractivity contribution in [1.82, 2.24) is 0 Å². The van der Waals surface area contributed by atoms with Crippen LogP contribution in [0.1, 0.15) is 16.8 Å². The van der Waals surface area contributed by atoms with Crippen molar-refractivity contribution in [1.29, 1.82) is 0 Å². The van der Waals surface area contributed by atoms with E-state index in [1.807, 2.05) is 0 Å². The number of hydrogen-bond donors (Lipinski definition) is 0. The van der Waals surface area contributed by atoms with Gasteiger partial charge in [0.15, 0.2) is 0 Å². The van der Waals surface area contributed by atoms with E-state index in [1.54, 1.807) is 24.3 Å². The Hall–Kier alpha value is -2.43. The second kappa shape index (κ2) is 4.56. The Morgan fingerprint density at radius 1 is 1.08 bits per heavy atom. The van der Waals surface area contributed by atoms with Crippen LogP contribution in [-0.4, -0.2) is 24.9 Å². The van der Waals surface area contributed by atoms with Crippen molar-refractivity contribution in [2.45, 2.75) is 6.42 Å². The van der Waals surface area contributed by atoms with Crippen molar-refractivity contribution in [3.63, 3.8) is 0 Å². The van der Waals surface area contributed by atoms with Crippen LogP contribution in [0.25, 0.3) is 0 Å². The van der Waals surface area contributed by atoms with E-state index < -0.39 is 5.97 Å². The first-order valence-corrected chi connectivity index (χ1v) is 8.36. The van der Waals surface area contributed by atoms with E-state index in [4.69, 9.17) is 4.74 Å². The van der Waals surface area contributed by atoms with Gasteiger partial charge in [-0.2, -0.15) is 0 Å². The standard InChI is InChI=1S/C19H17NO4/c1-24-19(23)9-3-2-4-10(7-9)20-17(21)15-11-5-6-12(14-8-13(11)14)16(15)18(20)22/h2-7,11-16H,8H2,1H3/t11-,12-,13-,14+,15-,16+/m0/s1. The third-order valence-corrected chi connectivity index (χ3v) is 6.19. The van der Waals surface area contributed by atoms with Crippen LogP contribution in [0.4, 0.5) is 5.69 Å². The summed E-state index contributed by atoms with van der Waals surface area (Å²) in [7, 11) is 1.31. The zero-order chi connectivity index (χ0) is 16.6. The van der Waals surface area contributed by atoms with E-state index >= 15 is 0 Å². The highest BCUT2D eigenvalue weighted by Gasteiger charge is 2.67. The number of ether oxygens (including phenoxy) is 1. The third kappa shape index (κ3) is 1.62. The highest BCUT2D eigenvalue weighted by atomic mass is 16.5. The Balaban J connectivity index is 1.54. The summed E-state index contributed by atoms with van der Waals surface area (Å²) in [6.07, 6.45) is 5.45. The lowest BCUT2D eigenvalue weighted by atomic mass is 9.63. The van der Waals surface area contributed by atoms with Crippen LogP contribution in [0.15, 0.2) is 36.4 Å². The first-order chi connectivity index (χ1) is 11.6. The molecule has 122 valence electrons. The number of carbonyl (C=O) groups is 3. The molecule has 2 amide bonds. The first-order valence-electron chi connectivity index (χ1n) is 8.36. The summed E-state index contributed by atoms with van der Waals surface area (Å²) in [6.45, 7) is 0. The molecule has 0 spiro atoms. The van der Waals surface area contributed by atoms with Crippen molar-refractivity contribution < 1.29 is 19.1 Å². The summed E-state index contributed by atoms with van der Waals surface area (Å²) in [5.74, 6) is 0.421. The number of amides is 2. The summed E-state index contributed by atoms with van der Waals surface area (Å²) in [4.78, 5) is 39.0. The minimum Gasteiger partial charge on any atom is -0.465 e. The number of anilines is 1. The van der Waals surface area contributed by atoms with Gasteiger partial charge < -0.3 is 4.74 Å². The fraction of sp³-hybridized carbons (Fsp3) is 0.421. The van der Waals surface area contributed by atoms with Gasteiger partial charge in [-0.1, -0.05) is 18.2 Å². The lowest BCUT2D eigenvalue weighted by Crippen LogP contribution is -2.40. The lowest BCUT2D eigenvalue weighted by molar-refractivity contribution is -0.124. The minimum absolute atomic E-state index is 0.114. The third-order valence-electron chi connectivity index (χ3n) is 6.19. The quantitative estimate of drug-likeness (QED) is 0.475. The average Bonchev–Trinajstić information content (AvgIpc) is 3.38. The van der Waals surface area contributed by atoms with Gasteiger partial charge in [0.25, 0.3) is 0 Å². The maximum absolute atomic E-state index is 13.0. The van der Waals surface area contributed by atoms with Crippen LogP contribution in [0, 0.1) is 35.5 Å². The molecular weight excluding hydrogens is 306 g/mol. The Bertz CT molecular complexity index is 777. The van der Waals surface area contributed by atoms with E-state index in [0.717, 1.165) is 6.42 Å². The normalized spacial score (nSPS) is 38.1. The molecule has 1 aromatic rings. The van der Waals surface area contributed by atoms with E-state index in [-0.39, 0.29) is 35.5 Å². The maximum atomic E-state index is 13.0. The smallest absolute Gasteiger partial charge is 0.337 e. The molecule has 1 aromatic carbocycles. The number of carbonyl (C=O) groups excluding carboxylic acids is 3. The van der Waals surface area contributed by atoms with Crippen LogP contribution < -0.4 is 4.90 Å². The van der Waals surface area contributed by atoms with Crippen molar-refractivity contribution in [3.05, 3.63) is 42.0 Å². The molecule has 2 bridgehead atoms. The molecule has 3 fully saturated rings. The molecule has 0 aromatic heterocycles. The molecule has 24 heavy (non-hydrogen) atoms. The Morgan fingerprint density at radius 3 is 2.29 bits per heavy atom. The monoisotopic (exact) mass is 323 g/mol. The largest absolute Gasteiger partial charge is 0.465 e. The number of rotatable bonds is 2. The lowest BCUT2D eigenvalue weighted by Gasteiger charge is -2.37. The number of imide groups is 1. The van der Waals surface area contributed by atoms with Crippen LogP contribution in [0.3, 0.4) is 0 Å². The van der Waals surface area contributed by atoms with Gasteiger partial charge in [0.1, 0.15) is 0 Å². The van der Waals surface area contributed by atoms with Crippen molar-refractivity contribution in [2.24, 2.45) is 35.5 Å². The molecule has 0 unspecified atom stereocenters. The van der Waals surface area contributed by atoms with E-state index in [0.29, 0.717) is 23.1 Å². The Morgan fingerprint density at radius 2 is 1.71 bits per heavy atom. The zero-order valence-electron chi connectivity index (χ0n) is 13.2. The van der Waals surface area contributed by atoms with Gasteiger partial charge in [-0.25, -0.2) is 9.69 Å². The maximum Gasteiger partial charge on any atom is 0.337 e. The van der Waals surface area contributed by atoms with Gasteiger partial charge in [-0.3, -0.25) is 9.59 Å². The summed E-state index contributed by atoms with van der Waals surface area (Å²) in [6, 6.07) is 6.56. The van der Waals surface area contributed by atoms with E-state index in [9.17, 15) is 14.4 Å². The zero-order valence-corrected chi connectivity index (χ0v) is 13.2. The molecule has 6 rings (SSSR count). The van der Waals surface area contributed by atoms with Crippen molar-refractivity contribution in [3.8, 4) is 0 Å². The van der Waals surface area contributed by atoms with Gasteiger partial charge in [0.05, 0.1) is 30.2 Å². The molecule has 1 heterocycles. The molecule has 0 radical (unpaired) electrons. The summed E-state index contributed by atoms with van der Waals surface area (Å²) < 4.78 is 4.73. The Labute approximate surface area is 139 Å². The highest BCUT2D eigenvalue weighted by Crippen LogP contribution is 2.65. The highest BCUT2D eigenvalue weighted by molar-refractivity contribution is 6.22. The molecule has 2 saturated carbocycles. The fourth-order valence-electron chi connectivity index (χ4n) is 5.10. The average molecular weight is 323 g/mol. The number of esters is 1. The summed E-state index contributed by atoms with van der Waals surface area (Å²) in [5.41, 5.74) is 0.810. The molecular formula is C19H17NO4. The van der Waals surface area contributed by atoms with E-state index in [1.165, 1.54) is 12.0 Å². The molecule has 6 atom stereocenters. The minimum atomic E-state index is -0.476. The molecule has 1 saturated heterocycles. The first kappa shape index (κ1) is 14.0. The van der Waals surface area contributed by atoms with Crippen LogP contribution >= 0.6 is 0 Å². The van der Waals surface area contributed by atoms with Crippen LogP contribution in [0.5, 0.6) is 0 Å². The Kier molecular flexibility index (Phi) is 2.65. The molecule has 5 heteroatoms. The summed E-state index contributed by atoms with van der Waals surface area (Å²) in [5, 5.41) is 0. The fourth-order valence-corrected chi connectivity index (χ4v) is 5.10. The number of methoxy groups -OCH3 is 1. The topological polar surface area (TPSA) is 63.7 Å². The second-order valence-corrected chi connectivity index (χ2v) is 7.21. The van der Waals surface area contributed by atoms with Crippen LogP contribution in [0.2, 0.25) is 0 Å². The summed E-state index contributed by atoms with van der Waals surface area (Å²) >= 11 is 0. The number of benzene rings is 1. The number of nitrogens with zero attached hydrogens (tertiary/aromatic N) is 1. The molecule has 0 N–H and O–H groups in total. The van der Waals surface area contributed by atoms with Gasteiger partial charge in [0.2, 0.25) is 11.8 Å². The predicted octanol–water partition coefficient (Wildman–Crippen LogP) is 2.03. The number of allylic oxidation sites excluding steroid dienone is 2. The molecule has 1 aliphatic heterocycles.